The van der Waals surface area contributed by atoms with Gasteiger partial charge in [0.15, 0.2) is 11.5 Å². The van der Waals surface area contributed by atoms with Gasteiger partial charge in [-0.2, -0.15) is 5.26 Å². The maximum Gasteiger partial charge on any atom is 0.360 e. The maximum atomic E-state index is 11.6. The molecule has 1 aromatic heterocycles. The largest absolute Gasteiger partial charge is 0.464 e. The lowest BCUT2D eigenvalue weighted by Crippen LogP contribution is -2.41. The van der Waals surface area contributed by atoms with Crippen LogP contribution in [-0.4, -0.2) is 63.3 Å². The second kappa shape index (κ2) is 5.82. The van der Waals surface area contributed by atoms with Gasteiger partial charge in [0.1, 0.15) is 30.1 Å². The van der Waals surface area contributed by atoms with E-state index in [1.807, 2.05) is 0 Å². The lowest BCUT2D eigenvalue weighted by Gasteiger charge is -2.23. The van der Waals surface area contributed by atoms with E-state index >= 15 is 0 Å². The van der Waals surface area contributed by atoms with Crippen molar-refractivity contribution in [3.05, 3.63) is 17.6 Å². The Hall–Kier alpha value is -2.32. The van der Waals surface area contributed by atoms with Crippen molar-refractivity contribution < 1.29 is 29.6 Å². The highest BCUT2D eigenvalue weighted by Crippen LogP contribution is 2.38. The molecule has 2 heterocycles. The second-order valence-corrected chi connectivity index (χ2v) is 4.60. The average Bonchev–Trinajstić information content (AvgIpc) is 2.79. The van der Waals surface area contributed by atoms with Gasteiger partial charge < -0.3 is 30.5 Å². The van der Waals surface area contributed by atoms with Crippen LogP contribution < -0.4 is 5.73 Å². The number of aliphatic hydroxyl groups excluding tert-OH is 3. The lowest BCUT2D eigenvalue weighted by atomic mass is 9.92. The Labute approximate surface area is 124 Å². The first-order valence-electron chi connectivity index (χ1n) is 6.18. The van der Waals surface area contributed by atoms with Gasteiger partial charge in [-0.25, -0.2) is 14.8 Å². The van der Waals surface area contributed by atoms with Crippen LogP contribution in [0.1, 0.15) is 16.2 Å². The average molecular weight is 310 g/mol. The molecule has 0 radical (unpaired) electrons. The van der Waals surface area contributed by atoms with Crippen molar-refractivity contribution in [2.45, 2.75) is 23.9 Å². The van der Waals surface area contributed by atoms with Gasteiger partial charge in [0.25, 0.3) is 0 Å². The fraction of sp³-hybridized carbons (Fsp3) is 0.500. The summed E-state index contributed by atoms with van der Waals surface area (Å²) < 4.78 is 9.75. The number of ether oxygens (including phenoxy) is 2. The molecule has 10 nitrogen and oxygen atoms in total. The van der Waals surface area contributed by atoms with Crippen LogP contribution in [-0.2, 0) is 15.1 Å². The molecule has 5 N–H and O–H groups in total. The Kier molecular flexibility index (Phi) is 4.25. The number of nitrogens with two attached hydrogens (primary N) is 1. The fourth-order valence-corrected chi connectivity index (χ4v) is 2.15. The first-order chi connectivity index (χ1) is 10.4. The summed E-state index contributed by atoms with van der Waals surface area (Å²) >= 11 is 0. The van der Waals surface area contributed by atoms with Gasteiger partial charge >= 0.3 is 5.97 Å². The predicted octanol–water partition coefficient (Wildman–Crippen LogP) is -2.32. The molecule has 0 spiro atoms. The number of methoxy groups -OCH3 is 1. The molecule has 1 aliphatic heterocycles. The number of rotatable bonds is 3. The standard InChI is InChI=1S/C12H14N4O6/c1-21-11(20)7-10(14)15-2-6(16-7)12(4-13)9(19)8(18)5(3-17)22-12/h2,5,8-9,17-19H,3H2,1H3,(H2,14,15)/t5-,8-,9-,12?/m1/s1. The van der Waals surface area contributed by atoms with E-state index in [4.69, 9.17) is 15.6 Å². The predicted molar refractivity (Wildman–Crippen MR) is 69.0 cm³/mol. The SMILES string of the molecule is COC(=O)c1nc(C2(C#N)O[C@H](CO)[C@@H](O)[C@H]2O)cnc1N. The molecule has 1 aromatic rings. The molecule has 22 heavy (non-hydrogen) atoms. The van der Waals surface area contributed by atoms with E-state index in [0.29, 0.717) is 0 Å². The van der Waals surface area contributed by atoms with Crippen LogP contribution in [0.25, 0.3) is 0 Å². The Morgan fingerprint density at radius 2 is 2.32 bits per heavy atom. The minimum atomic E-state index is -2.09. The summed E-state index contributed by atoms with van der Waals surface area (Å²) in [4.78, 5) is 19.2. The van der Waals surface area contributed by atoms with Gasteiger partial charge in [0, 0.05) is 0 Å². The molecule has 0 bridgehead atoms. The minimum absolute atomic E-state index is 0.226. The Bertz CT molecular complexity index is 633. The van der Waals surface area contributed by atoms with Crippen LogP contribution in [0.4, 0.5) is 5.82 Å². The number of nitrogens with zero attached hydrogens (tertiary/aromatic N) is 3. The molecule has 1 unspecified atom stereocenters. The quantitative estimate of drug-likeness (QED) is 0.444. The number of nitriles is 1. The van der Waals surface area contributed by atoms with Crippen molar-refractivity contribution in [1.29, 1.82) is 5.26 Å². The van der Waals surface area contributed by atoms with Gasteiger partial charge in [0.05, 0.1) is 19.9 Å². The zero-order valence-electron chi connectivity index (χ0n) is 11.5. The summed E-state index contributed by atoms with van der Waals surface area (Å²) in [5.74, 6) is -1.11. The molecule has 118 valence electrons. The third-order valence-electron chi connectivity index (χ3n) is 3.36. The van der Waals surface area contributed by atoms with Gasteiger partial charge in [-0.3, -0.25) is 0 Å². The number of nitrogen functional groups attached to an aromatic ring is 1. The van der Waals surface area contributed by atoms with Crippen LogP contribution in [0.5, 0.6) is 0 Å². The molecule has 1 aliphatic rings. The van der Waals surface area contributed by atoms with E-state index in [1.165, 1.54) is 0 Å². The highest BCUT2D eigenvalue weighted by Gasteiger charge is 2.57. The topological polar surface area (TPSA) is 172 Å². The number of esters is 1. The normalized spacial score (nSPS) is 30.8. The Morgan fingerprint density at radius 3 is 2.82 bits per heavy atom. The summed E-state index contributed by atoms with van der Waals surface area (Å²) in [6.07, 6.45) is -3.35. The third-order valence-corrected chi connectivity index (χ3v) is 3.36. The second-order valence-electron chi connectivity index (χ2n) is 4.60. The van der Waals surface area contributed by atoms with Gasteiger partial charge in [-0.15, -0.1) is 0 Å². The van der Waals surface area contributed by atoms with E-state index in [9.17, 15) is 20.3 Å². The Morgan fingerprint density at radius 1 is 1.64 bits per heavy atom. The van der Waals surface area contributed by atoms with Crippen molar-refractivity contribution in [3.8, 4) is 6.07 Å². The number of aliphatic hydroxyl groups is 3. The van der Waals surface area contributed by atoms with Crippen molar-refractivity contribution in [2.75, 3.05) is 19.5 Å². The van der Waals surface area contributed by atoms with E-state index in [1.54, 1.807) is 6.07 Å². The van der Waals surface area contributed by atoms with E-state index in [-0.39, 0.29) is 17.2 Å². The molecule has 1 fully saturated rings. The number of hydrogen-bond donors (Lipinski definition) is 4. The first-order valence-corrected chi connectivity index (χ1v) is 6.18. The zero-order chi connectivity index (χ0) is 16.5. The molecular formula is C12H14N4O6. The van der Waals surface area contributed by atoms with Crippen molar-refractivity contribution in [3.63, 3.8) is 0 Å². The highest BCUT2D eigenvalue weighted by atomic mass is 16.6. The number of carbonyl (C=O) groups is 1. The van der Waals surface area contributed by atoms with E-state index in [0.717, 1.165) is 13.3 Å². The van der Waals surface area contributed by atoms with Gasteiger partial charge in [-0.1, -0.05) is 0 Å². The smallest absolute Gasteiger partial charge is 0.360 e. The Balaban J connectivity index is 2.54. The summed E-state index contributed by atoms with van der Waals surface area (Å²) in [6, 6.07) is 1.70. The van der Waals surface area contributed by atoms with E-state index < -0.39 is 36.5 Å². The molecule has 0 amide bonds. The molecule has 2 rings (SSSR count). The lowest BCUT2D eigenvalue weighted by molar-refractivity contribution is -0.0637. The van der Waals surface area contributed by atoms with Crippen LogP contribution >= 0.6 is 0 Å². The van der Waals surface area contributed by atoms with Crippen LogP contribution in [0.2, 0.25) is 0 Å². The molecule has 0 saturated carbocycles. The van der Waals surface area contributed by atoms with Crippen LogP contribution in [0, 0.1) is 11.3 Å². The first kappa shape index (κ1) is 16.1. The summed E-state index contributed by atoms with van der Waals surface area (Å²) in [6.45, 7) is -0.617. The molecule has 10 heteroatoms. The third kappa shape index (κ3) is 2.26. The van der Waals surface area contributed by atoms with E-state index in [2.05, 4.69) is 14.7 Å². The molecule has 0 aromatic carbocycles. The zero-order valence-corrected chi connectivity index (χ0v) is 11.5. The minimum Gasteiger partial charge on any atom is -0.464 e. The monoisotopic (exact) mass is 310 g/mol. The van der Waals surface area contributed by atoms with Crippen LogP contribution in [0.3, 0.4) is 0 Å². The fourth-order valence-electron chi connectivity index (χ4n) is 2.15. The number of carbonyl (C=O) groups excluding carboxylic acids is 1. The van der Waals surface area contributed by atoms with Crippen LogP contribution in [0.15, 0.2) is 6.20 Å². The summed E-state index contributed by atoms with van der Waals surface area (Å²) in [5.41, 5.74) is 2.84. The maximum absolute atomic E-state index is 11.6. The van der Waals surface area contributed by atoms with Crippen molar-refractivity contribution in [1.82, 2.24) is 9.97 Å². The number of aromatic nitrogens is 2. The summed E-state index contributed by atoms with van der Waals surface area (Å²) in [7, 11) is 1.11. The molecular weight excluding hydrogens is 296 g/mol. The van der Waals surface area contributed by atoms with Crippen molar-refractivity contribution in [2.24, 2.45) is 0 Å². The van der Waals surface area contributed by atoms with Gasteiger partial charge in [-0.05, 0) is 0 Å². The molecule has 0 aliphatic carbocycles. The highest BCUT2D eigenvalue weighted by molar-refractivity contribution is 5.91. The number of hydrogen-bond acceptors (Lipinski definition) is 10. The van der Waals surface area contributed by atoms with Crippen molar-refractivity contribution >= 4 is 11.8 Å². The number of anilines is 1. The summed E-state index contributed by atoms with van der Waals surface area (Å²) in [5, 5.41) is 38.4. The molecule has 1 saturated heterocycles. The van der Waals surface area contributed by atoms with Gasteiger partial charge in [0.2, 0.25) is 5.60 Å². The molecule has 4 atom stereocenters.